The molecule has 0 radical (unpaired) electrons. The van der Waals surface area contributed by atoms with Gasteiger partial charge in [-0.05, 0) is 37.3 Å². The zero-order valence-corrected chi connectivity index (χ0v) is 13.0. The van der Waals surface area contributed by atoms with Crippen LogP contribution in [0.2, 0.25) is 5.15 Å². The van der Waals surface area contributed by atoms with Gasteiger partial charge in [0.25, 0.3) is 0 Å². The standard InChI is InChI=1S/C16H14ClFN4O/c1-10(23-14-9-15(17)20-21-16(14)19)12-8-11(18)4-5-13(12)22-6-2-3-7-22/h2-10H,1H3,(H2,19,21). The van der Waals surface area contributed by atoms with Crippen molar-refractivity contribution in [1.29, 1.82) is 0 Å². The zero-order chi connectivity index (χ0) is 16.4. The normalized spacial score (nSPS) is 12.1. The molecule has 0 aliphatic carbocycles. The Kier molecular flexibility index (Phi) is 4.16. The summed E-state index contributed by atoms with van der Waals surface area (Å²) in [5.41, 5.74) is 7.23. The topological polar surface area (TPSA) is 66.0 Å². The van der Waals surface area contributed by atoms with Crippen molar-refractivity contribution in [2.24, 2.45) is 0 Å². The first-order valence-corrected chi connectivity index (χ1v) is 7.30. The molecule has 0 amide bonds. The maximum atomic E-state index is 13.7. The smallest absolute Gasteiger partial charge is 0.188 e. The Morgan fingerprint density at radius 1 is 1.22 bits per heavy atom. The van der Waals surface area contributed by atoms with Gasteiger partial charge in [-0.3, -0.25) is 0 Å². The van der Waals surface area contributed by atoms with Crippen LogP contribution in [0.4, 0.5) is 10.2 Å². The first kappa shape index (κ1) is 15.3. The average molecular weight is 333 g/mol. The average Bonchev–Trinajstić information content (AvgIpc) is 3.05. The molecule has 7 heteroatoms. The molecule has 2 heterocycles. The van der Waals surface area contributed by atoms with Gasteiger partial charge in [-0.2, -0.15) is 0 Å². The minimum atomic E-state index is -0.467. The highest BCUT2D eigenvalue weighted by molar-refractivity contribution is 6.29. The highest BCUT2D eigenvalue weighted by atomic mass is 35.5. The molecule has 23 heavy (non-hydrogen) atoms. The van der Waals surface area contributed by atoms with E-state index in [1.54, 1.807) is 13.0 Å². The fourth-order valence-electron chi connectivity index (χ4n) is 2.29. The molecule has 2 N–H and O–H groups in total. The van der Waals surface area contributed by atoms with E-state index in [0.29, 0.717) is 11.3 Å². The second-order valence-electron chi connectivity index (χ2n) is 4.97. The maximum absolute atomic E-state index is 13.7. The van der Waals surface area contributed by atoms with E-state index in [-0.39, 0.29) is 16.8 Å². The molecule has 0 saturated carbocycles. The van der Waals surface area contributed by atoms with Crippen molar-refractivity contribution in [2.45, 2.75) is 13.0 Å². The molecular weight excluding hydrogens is 319 g/mol. The van der Waals surface area contributed by atoms with Crippen molar-refractivity contribution in [3.05, 3.63) is 65.3 Å². The second-order valence-corrected chi connectivity index (χ2v) is 5.36. The summed E-state index contributed by atoms with van der Waals surface area (Å²) in [6.45, 7) is 1.80. The molecule has 1 unspecified atom stereocenters. The van der Waals surface area contributed by atoms with Crippen LogP contribution in [0, 0.1) is 5.82 Å². The SMILES string of the molecule is CC(Oc1cc(Cl)nnc1N)c1cc(F)ccc1-n1cccc1. The lowest BCUT2D eigenvalue weighted by molar-refractivity contribution is 0.226. The van der Waals surface area contributed by atoms with E-state index >= 15 is 0 Å². The van der Waals surface area contributed by atoms with Crippen molar-refractivity contribution in [3.63, 3.8) is 0 Å². The van der Waals surface area contributed by atoms with Crippen molar-refractivity contribution < 1.29 is 9.13 Å². The summed E-state index contributed by atoms with van der Waals surface area (Å²) in [5, 5.41) is 7.52. The summed E-state index contributed by atoms with van der Waals surface area (Å²) in [5.74, 6) is 0.0885. The molecule has 0 aliphatic heterocycles. The lowest BCUT2D eigenvalue weighted by atomic mass is 10.1. The molecular formula is C16H14ClFN4O. The van der Waals surface area contributed by atoms with Crippen molar-refractivity contribution >= 4 is 17.4 Å². The molecule has 1 atom stereocenters. The number of anilines is 1. The molecule has 2 aromatic heterocycles. The third kappa shape index (κ3) is 3.27. The first-order chi connectivity index (χ1) is 11.0. The van der Waals surface area contributed by atoms with Gasteiger partial charge in [-0.1, -0.05) is 11.6 Å². The van der Waals surface area contributed by atoms with Gasteiger partial charge in [0.1, 0.15) is 11.9 Å². The van der Waals surface area contributed by atoms with Gasteiger partial charge in [0.2, 0.25) is 0 Å². The highest BCUT2D eigenvalue weighted by Gasteiger charge is 2.16. The summed E-state index contributed by atoms with van der Waals surface area (Å²) in [6.07, 6.45) is 3.29. The predicted molar refractivity (Wildman–Crippen MR) is 86.2 cm³/mol. The van der Waals surface area contributed by atoms with Gasteiger partial charge in [0.05, 0.1) is 5.69 Å². The molecule has 1 aromatic carbocycles. The van der Waals surface area contributed by atoms with E-state index < -0.39 is 6.10 Å². The minimum absolute atomic E-state index is 0.125. The van der Waals surface area contributed by atoms with Crippen molar-refractivity contribution in [1.82, 2.24) is 14.8 Å². The zero-order valence-electron chi connectivity index (χ0n) is 12.3. The van der Waals surface area contributed by atoms with Crippen LogP contribution in [-0.2, 0) is 0 Å². The van der Waals surface area contributed by atoms with E-state index in [1.807, 2.05) is 29.1 Å². The fraction of sp³-hybridized carbons (Fsp3) is 0.125. The van der Waals surface area contributed by atoms with E-state index in [4.69, 9.17) is 22.1 Å². The molecule has 118 valence electrons. The van der Waals surface area contributed by atoms with Crippen LogP contribution in [0.5, 0.6) is 5.75 Å². The Hall–Kier alpha value is -2.60. The van der Waals surface area contributed by atoms with E-state index in [0.717, 1.165) is 5.69 Å². The highest BCUT2D eigenvalue weighted by Crippen LogP contribution is 2.30. The summed E-state index contributed by atoms with van der Waals surface area (Å²) >= 11 is 5.81. The number of benzene rings is 1. The van der Waals surface area contributed by atoms with Gasteiger partial charge in [-0.15, -0.1) is 10.2 Å². The van der Waals surface area contributed by atoms with Crippen molar-refractivity contribution in [2.75, 3.05) is 5.73 Å². The second kappa shape index (κ2) is 6.26. The number of hydrogen-bond acceptors (Lipinski definition) is 4. The first-order valence-electron chi connectivity index (χ1n) is 6.93. The number of nitrogens with zero attached hydrogens (tertiary/aromatic N) is 3. The molecule has 5 nitrogen and oxygen atoms in total. The quantitative estimate of drug-likeness (QED) is 0.789. The molecule has 3 rings (SSSR count). The number of aromatic nitrogens is 3. The number of nitrogens with two attached hydrogens (primary N) is 1. The van der Waals surface area contributed by atoms with Gasteiger partial charge in [0.15, 0.2) is 16.7 Å². The van der Waals surface area contributed by atoms with Gasteiger partial charge >= 0.3 is 0 Å². The van der Waals surface area contributed by atoms with Crippen LogP contribution < -0.4 is 10.5 Å². The minimum Gasteiger partial charge on any atom is -0.482 e. The summed E-state index contributed by atoms with van der Waals surface area (Å²) in [4.78, 5) is 0. The van der Waals surface area contributed by atoms with Crippen LogP contribution in [0.25, 0.3) is 5.69 Å². The number of rotatable bonds is 4. The third-order valence-electron chi connectivity index (χ3n) is 3.37. The third-order valence-corrected chi connectivity index (χ3v) is 3.55. The maximum Gasteiger partial charge on any atom is 0.188 e. The van der Waals surface area contributed by atoms with Crippen LogP contribution in [0.15, 0.2) is 48.8 Å². The molecule has 0 saturated heterocycles. The summed E-state index contributed by atoms with van der Waals surface area (Å²) in [7, 11) is 0. The van der Waals surface area contributed by atoms with Crippen molar-refractivity contribution in [3.8, 4) is 11.4 Å². The molecule has 0 aliphatic rings. The van der Waals surface area contributed by atoms with E-state index in [1.165, 1.54) is 18.2 Å². The summed E-state index contributed by atoms with van der Waals surface area (Å²) < 4.78 is 21.4. The number of hydrogen-bond donors (Lipinski definition) is 1. The molecule has 0 bridgehead atoms. The number of halogens is 2. The van der Waals surface area contributed by atoms with E-state index in [9.17, 15) is 4.39 Å². The monoisotopic (exact) mass is 332 g/mol. The lowest BCUT2D eigenvalue weighted by Crippen LogP contribution is -2.10. The molecule has 0 spiro atoms. The Balaban J connectivity index is 1.97. The van der Waals surface area contributed by atoms with Crippen LogP contribution >= 0.6 is 11.6 Å². The van der Waals surface area contributed by atoms with Gasteiger partial charge in [-0.25, -0.2) is 4.39 Å². The molecule has 3 aromatic rings. The lowest BCUT2D eigenvalue weighted by Gasteiger charge is -2.19. The number of ether oxygens (including phenoxy) is 1. The van der Waals surface area contributed by atoms with Crippen LogP contribution in [0.3, 0.4) is 0 Å². The fourth-order valence-corrected chi connectivity index (χ4v) is 2.43. The van der Waals surface area contributed by atoms with Gasteiger partial charge < -0.3 is 15.0 Å². The molecule has 0 fully saturated rings. The Labute approximate surface area is 137 Å². The Morgan fingerprint density at radius 3 is 2.70 bits per heavy atom. The summed E-state index contributed by atoms with van der Waals surface area (Å²) in [6, 6.07) is 9.81. The van der Waals surface area contributed by atoms with Crippen LogP contribution in [0.1, 0.15) is 18.6 Å². The van der Waals surface area contributed by atoms with Gasteiger partial charge in [0, 0.05) is 24.0 Å². The predicted octanol–water partition coefficient (Wildman–Crippen LogP) is 3.78. The van der Waals surface area contributed by atoms with E-state index in [2.05, 4.69) is 10.2 Å². The largest absolute Gasteiger partial charge is 0.482 e. The Morgan fingerprint density at radius 2 is 1.96 bits per heavy atom. The Bertz CT molecular complexity index is 823. The van der Waals surface area contributed by atoms with Crippen LogP contribution in [-0.4, -0.2) is 14.8 Å². The number of nitrogen functional groups attached to an aromatic ring is 1.